The SMILES string of the molecule is CN=CCC=C(C[Si](C)(C)C)C[Si](C)(C)C. The minimum Gasteiger partial charge on any atom is -0.301 e. The van der Waals surface area contributed by atoms with Gasteiger partial charge in [-0.2, -0.15) is 0 Å². The Hall–Kier alpha value is -0.156. The Morgan fingerprint density at radius 2 is 1.38 bits per heavy atom. The molecule has 1 nitrogen and oxygen atoms in total. The molecule has 0 aromatic heterocycles. The van der Waals surface area contributed by atoms with Crippen molar-refractivity contribution in [3.8, 4) is 0 Å². The second kappa shape index (κ2) is 6.55. The van der Waals surface area contributed by atoms with Gasteiger partial charge in [0.2, 0.25) is 0 Å². The normalized spacial score (nSPS) is 13.2. The molecule has 0 rings (SSSR count). The average molecular weight is 256 g/mol. The lowest BCUT2D eigenvalue weighted by Crippen LogP contribution is -2.25. The molecule has 0 spiro atoms. The second-order valence-electron chi connectivity index (χ2n) is 7.01. The molecule has 0 aromatic rings. The van der Waals surface area contributed by atoms with Gasteiger partial charge in [-0.25, -0.2) is 0 Å². The van der Waals surface area contributed by atoms with Crippen LogP contribution in [0.15, 0.2) is 16.6 Å². The second-order valence-corrected chi connectivity index (χ2v) is 18.0. The lowest BCUT2D eigenvalue weighted by molar-refractivity contribution is 1.23. The quantitative estimate of drug-likeness (QED) is 0.371. The summed E-state index contributed by atoms with van der Waals surface area (Å²) in [5.41, 5.74) is 1.69. The fraction of sp³-hybridized carbons (Fsp3) is 0.769. The van der Waals surface area contributed by atoms with Crippen LogP contribution in [-0.4, -0.2) is 29.4 Å². The van der Waals surface area contributed by atoms with E-state index in [2.05, 4.69) is 50.4 Å². The van der Waals surface area contributed by atoms with E-state index in [0.717, 1.165) is 6.42 Å². The summed E-state index contributed by atoms with van der Waals surface area (Å²) < 4.78 is 0. The van der Waals surface area contributed by atoms with Crippen LogP contribution in [0.3, 0.4) is 0 Å². The topological polar surface area (TPSA) is 12.4 Å². The van der Waals surface area contributed by atoms with Gasteiger partial charge < -0.3 is 4.99 Å². The Morgan fingerprint density at radius 1 is 0.938 bits per heavy atom. The summed E-state index contributed by atoms with van der Waals surface area (Å²) >= 11 is 0. The van der Waals surface area contributed by atoms with Gasteiger partial charge in [0.05, 0.1) is 0 Å². The number of nitrogens with zero attached hydrogens (tertiary/aromatic N) is 1. The van der Waals surface area contributed by atoms with Crippen molar-refractivity contribution >= 4 is 22.4 Å². The van der Waals surface area contributed by atoms with Gasteiger partial charge in [0.15, 0.2) is 0 Å². The number of hydrogen-bond acceptors (Lipinski definition) is 1. The van der Waals surface area contributed by atoms with Crippen molar-refractivity contribution in [3.63, 3.8) is 0 Å². The highest BCUT2D eigenvalue weighted by atomic mass is 28.3. The molecule has 0 saturated heterocycles. The van der Waals surface area contributed by atoms with E-state index in [0.29, 0.717) is 0 Å². The van der Waals surface area contributed by atoms with Crippen molar-refractivity contribution in [1.82, 2.24) is 0 Å². The summed E-state index contributed by atoms with van der Waals surface area (Å²) in [6.45, 7) is 14.7. The molecule has 94 valence electrons. The van der Waals surface area contributed by atoms with Crippen LogP contribution in [-0.2, 0) is 0 Å². The van der Waals surface area contributed by atoms with Crippen molar-refractivity contribution in [2.75, 3.05) is 7.05 Å². The van der Waals surface area contributed by atoms with Crippen LogP contribution in [0.4, 0.5) is 0 Å². The highest BCUT2D eigenvalue weighted by Gasteiger charge is 2.20. The zero-order valence-electron chi connectivity index (χ0n) is 12.2. The Balaban J connectivity index is 4.57. The largest absolute Gasteiger partial charge is 0.301 e. The highest BCUT2D eigenvalue weighted by Crippen LogP contribution is 2.25. The molecule has 0 unspecified atom stereocenters. The van der Waals surface area contributed by atoms with Gasteiger partial charge >= 0.3 is 0 Å². The lowest BCUT2D eigenvalue weighted by Gasteiger charge is -2.23. The first kappa shape index (κ1) is 15.8. The van der Waals surface area contributed by atoms with E-state index >= 15 is 0 Å². The minimum atomic E-state index is -0.971. The zero-order valence-corrected chi connectivity index (χ0v) is 14.2. The summed E-state index contributed by atoms with van der Waals surface area (Å²) in [4.78, 5) is 4.05. The fourth-order valence-electron chi connectivity index (χ4n) is 1.89. The molecule has 0 fully saturated rings. The van der Waals surface area contributed by atoms with Gasteiger partial charge in [-0.1, -0.05) is 50.9 Å². The Morgan fingerprint density at radius 3 is 1.69 bits per heavy atom. The summed E-state index contributed by atoms with van der Waals surface area (Å²) in [6, 6.07) is 2.71. The van der Waals surface area contributed by atoms with Crippen LogP contribution < -0.4 is 0 Å². The summed E-state index contributed by atoms with van der Waals surface area (Å²) in [5, 5.41) is 0. The maximum atomic E-state index is 4.05. The third kappa shape index (κ3) is 10.4. The predicted octanol–water partition coefficient (Wildman–Crippen LogP) is 4.68. The lowest BCUT2D eigenvalue weighted by atomic mass is 10.3. The number of rotatable bonds is 6. The average Bonchev–Trinajstić information content (AvgIpc) is 1.97. The van der Waals surface area contributed by atoms with Crippen molar-refractivity contribution in [2.45, 2.75) is 57.8 Å². The van der Waals surface area contributed by atoms with E-state index in [1.807, 2.05) is 13.3 Å². The molecule has 16 heavy (non-hydrogen) atoms. The minimum absolute atomic E-state index is 0.971. The molecular weight excluding hydrogens is 226 g/mol. The Labute approximate surface area is 104 Å². The molecular formula is C13H29NSi2. The molecule has 0 heterocycles. The van der Waals surface area contributed by atoms with Crippen molar-refractivity contribution in [3.05, 3.63) is 11.6 Å². The first-order chi connectivity index (χ1) is 7.14. The molecule has 0 aliphatic carbocycles. The van der Waals surface area contributed by atoms with Gasteiger partial charge in [-0.3, -0.25) is 0 Å². The third-order valence-corrected chi connectivity index (χ3v) is 5.24. The summed E-state index contributed by atoms with van der Waals surface area (Å²) in [7, 11) is -0.0899. The van der Waals surface area contributed by atoms with Crippen LogP contribution in [0.2, 0.25) is 51.4 Å². The number of hydrogen-bond donors (Lipinski definition) is 0. The van der Waals surface area contributed by atoms with Crippen LogP contribution in [0, 0.1) is 0 Å². The van der Waals surface area contributed by atoms with Crippen LogP contribution in [0.25, 0.3) is 0 Å². The standard InChI is InChI=1S/C13H29NSi2/c1-14-10-8-9-13(11-15(2,3)4)12-16(5,6)7/h9-10H,8,11-12H2,1-7H3. The first-order valence-corrected chi connectivity index (χ1v) is 13.6. The van der Waals surface area contributed by atoms with E-state index in [1.54, 1.807) is 5.57 Å². The molecule has 0 saturated carbocycles. The van der Waals surface area contributed by atoms with Crippen LogP contribution in [0.1, 0.15) is 6.42 Å². The van der Waals surface area contributed by atoms with Gasteiger partial charge in [0.1, 0.15) is 0 Å². The third-order valence-electron chi connectivity index (χ3n) is 2.21. The molecule has 3 heteroatoms. The van der Waals surface area contributed by atoms with Crippen LogP contribution >= 0.6 is 0 Å². The van der Waals surface area contributed by atoms with E-state index in [1.165, 1.54) is 12.1 Å². The van der Waals surface area contributed by atoms with E-state index < -0.39 is 16.1 Å². The van der Waals surface area contributed by atoms with Gasteiger partial charge in [-0.15, -0.1) is 0 Å². The molecule has 0 radical (unpaired) electrons. The van der Waals surface area contributed by atoms with E-state index in [4.69, 9.17) is 0 Å². The zero-order chi connectivity index (χ0) is 12.8. The van der Waals surface area contributed by atoms with Gasteiger partial charge in [-0.05, 0) is 12.1 Å². The Bertz CT molecular complexity index is 236. The maximum Gasteiger partial charge on any atom is 0.0483 e. The molecule has 0 amide bonds. The number of allylic oxidation sites excluding steroid dienone is 2. The van der Waals surface area contributed by atoms with Crippen LogP contribution in [0.5, 0.6) is 0 Å². The predicted molar refractivity (Wildman–Crippen MR) is 83.4 cm³/mol. The van der Waals surface area contributed by atoms with Crippen molar-refractivity contribution in [1.29, 1.82) is 0 Å². The fourth-order valence-corrected chi connectivity index (χ4v) is 5.41. The Kier molecular flexibility index (Phi) is 6.48. The monoisotopic (exact) mass is 255 g/mol. The highest BCUT2D eigenvalue weighted by molar-refractivity contribution is 6.78. The first-order valence-electron chi connectivity index (χ1n) is 6.22. The smallest absolute Gasteiger partial charge is 0.0483 e. The molecule has 0 N–H and O–H groups in total. The van der Waals surface area contributed by atoms with E-state index in [-0.39, 0.29) is 0 Å². The van der Waals surface area contributed by atoms with E-state index in [9.17, 15) is 0 Å². The number of aliphatic imine (C=N–C) groups is 1. The molecule has 0 aliphatic rings. The van der Waals surface area contributed by atoms with Gasteiger partial charge in [0, 0.05) is 35.8 Å². The maximum absolute atomic E-state index is 4.05. The molecule has 0 bridgehead atoms. The molecule has 0 aliphatic heterocycles. The van der Waals surface area contributed by atoms with Gasteiger partial charge in [0.25, 0.3) is 0 Å². The van der Waals surface area contributed by atoms with Crippen molar-refractivity contribution in [2.24, 2.45) is 4.99 Å². The van der Waals surface area contributed by atoms with Crippen molar-refractivity contribution < 1.29 is 0 Å². The molecule has 0 atom stereocenters. The summed E-state index contributed by atoms with van der Waals surface area (Å²) in [6.07, 6.45) is 5.44. The molecule has 0 aromatic carbocycles. The summed E-state index contributed by atoms with van der Waals surface area (Å²) in [5.74, 6) is 0.